The minimum atomic E-state index is -0.561. The Balaban J connectivity index is 1.70. The molecule has 2 amide bonds. The predicted molar refractivity (Wildman–Crippen MR) is 85.3 cm³/mol. The van der Waals surface area contributed by atoms with E-state index in [1.807, 2.05) is 49.4 Å². The van der Waals surface area contributed by atoms with Crippen LogP contribution in [0.2, 0.25) is 0 Å². The van der Waals surface area contributed by atoms with Crippen LogP contribution in [-0.2, 0) is 9.59 Å². The molecule has 0 aliphatic carbocycles. The standard InChI is InChI=1S/C17H17N3O2/c1-12-7-9-14(10-8-12)20-16(21)11-15(17(20)22)19-18-13-5-3-2-4-6-13/h2-10,15,18-19H,11H2,1H3/t15-/m1/s1. The summed E-state index contributed by atoms with van der Waals surface area (Å²) in [4.78, 5) is 25.8. The molecule has 1 aliphatic heterocycles. The number of amides is 2. The molecule has 0 bridgehead atoms. The van der Waals surface area contributed by atoms with E-state index in [2.05, 4.69) is 10.9 Å². The van der Waals surface area contributed by atoms with E-state index in [1.54, 1.807) is 12.1 Å². The monoisotopic (exact) mass is 295 g/mol. The topological polar surface area (TPSA) is 61.4 Å². The van der Waals surface area contributed by atoms with Gasteiger partial charge in [0.25, 0.3) is 5.91 Å². The lowest BCUT2D eigenvalue weighted by molar-refractivity contribution is -0.121. The lowest BCUT2D eigenvalue weighted by Gasteiger charge is -2.16. The largest absolute Gasteiger partial charge is 0.321 e. The second-order valence-electron chi connectivity index (χ2n) is 5.30. The number of nitrogens with zero attached hydrogens (tertiary/aromatic N) is 1. The molecule has 0 spiro atoms. The highest BCUT2D eigenvalue weighted by atomic mass is 16.2. The molecule has 1 fully saturated rings. The van der Waals surface area contributed by atoms with Crippen LogP contribution < -0.4 is 15.8 Å². The van der Waals surface area contributed by atoms with Crippen molar-refractivity contribution in [2.75, 3.05) is 10.3 Å². The fraction of sp³-hybridized carbons (Fsp3) is 0.176. The number of rotatable bonds is 4. The first-order chi connectivity index (χ1) is 10.6. The summed E-state index contributed by atoms with van der Waals surface area (Å²) in [5.41, 5.74) is 8.44. The summed E-state index contributed by atoms with van der Waals surface area (Å²) in [5, 5.41) is 0. The van der Waals surface area contributed by atoms with Crippen LogP contribution in [0.25, 0.3) is 0 Å². The molecule has 0 aromatic heterocycles. The van der Waals surface area contributed by atoms with Crippen molar-refractivity contribution in [3.63, 3.8) is 0 Å². The molecular weight excluding hydrogens is 278 g/mol. The third-order valence-electron chi connectivity index (χ3n) is 3.60. The van der Waals surface area contributed by atoms with Gasteiger partial charge < -0.3 is 5.43 Å². The van der Waals surface area contributed by atoms with E-state index in [-0.39, 0.29) is 18.2 Å². The number of hydrazine groups is 1. The molecule has 1 atom stereocenters. The Morgan fingerprint density at radius 3 is 2.36 bits per heavy atom. The highest BCUT2D eigenvalue weighted by molar-refractivity contribution is 6.22. The number of benzene rings is 2. The summed E-state index contributed by atoms with van der Waals surface area (Å²) in [6.45, 7) is 1.96. The minimum Gasteiger partial charge on any atom is -0.321 e. The normalized spacial score (nSPS) is 17.9. The Morgan fingerprint density at radius 2 is 1.68 bits per heavy atom. The molecule has 2 aromatic rings. The van der Waals surface area contributed by atoms with E-state index in [0.717, 1.165) is 11.3 Å². The van der Waals surface area contributed by atoms with E-state index in [0.29, 0.717) is 5.69 Å². The van der Waals surface area contributed by atoms with Crippen molar-refractivity contribution in [1.82, 2.24) is 5.43 Å². The number of aryl methyl sites for hydroxylation is 1. The molecule has 0 saturated carbocycles. The Bertz CT molecular complexity index is 683. The van der Waals surface area contributed by atoms with Crippen LogP contribution in [0, 0.1) is 6.92 Å². The molecule has 1 aliphatic rings. The fourth-order valence-electron chi connectivity index (χ4n) is 2.40. The van der Waals surface area contributed by atoms with Crippen LogP contribution in [-0.4, -0.2) is 17.9 Å². The fourth-order valence-corrected chi connectivity index (χ4v) is 2.40. The van der Waals surface area contributed by atoms with Crippen molar-refractivity contribution < 1.29 is 9.59 Å². The third-order valence-corrected chi connectivity index (χ3v) is 3.60. The van der Waals surface area contributed by atoms with Gasteiger partial charge in [-0.1, -0.05) is 35.9 Å². The third kappa shape index (κ3) is 2.84. The van der Waals surface area contributed by atoms with Crippen LogP contribution >= 0.6 is 0 Å². The van der Waals surface area contributed by atoms with Gasteiger partial charge in [0.15, 0.2) is 0 Å². The number of hydrogen-bond donors (Lipinski definition) is 2. The zero-order chi connectivity index (χ0) is 15.5. The molecule has 3 rings (SSSR count). The lowest BCUT2D eigenvalue weighted by Crippen LogP contribution is -2.41. The van der Waals surface area contributed by atoms with Crippen LogP contribution in [0.15, 0.2) is 54.6 Å². The number of anilines is 2. The van der Waals surface area contributed by atoms with E-state index in [4.69, 9.17) is 0 Å². The quantitative estimate of drug-likeness (QED) is 0.671. The van der Waals surface area contributed by atoms with E-state index in [1.165, 1.54) is 4.90 Å². The summed E-state index contributed by atoms with van der Waals surface area (Å²) in [5.74, 6) is -0.432. The summed E-state index contributed by atoms with van der Waals surface area (Å²) in [7, 11) is 0. The average Bonchev–Trinajstić information content (AvgIpc) is 2.82. The number of para-hydroxylation sites is 1. The van der Waals surface area contributed by atoms with Crippen LogP contribution in [0.4, 0.5) is 11.4 Å². The van der Waals surface area contributed by atoms with Gasteiger partial charge in [0, 0.05) is 5.69 Å². The Hall–Kier alpha value is -2.66. The molecule has 2 aromatic carbocycles. The Kier molecular flexibility index (Phi) is 3.89. The maximum atomic E-state index is 12.4. The van der Waals surface area contributed by atoms with Gasteiger partial charge in [-0.2, -0.15) is 0 Å². The number of imide groups is 1. The summed E-state index contributed by atoms with van der Waals surface area (Å²) < 4.78 is 0. The van der Waals surface area contributed by atoms with Crippen LogP contribution in [0.1, 0.15) is 12.0 Å². The van der Waals surface area contributed by atoms with Crippen molar-refractivity contribution >= 4 is 23.2 Å². The van der Waals surface area contributed by atoms with Gasteiger partial charge in [-0.15, -0.1) is 0 Å². The molecular formula is C17H17N3O2. The second kappa shape index (κ2) is 5.99. The van der Waals surface area contributed by atoms with Gasteiger partial charge in [-0.05, 0) is 31.2 Å². The van der Waals surface area contributed by atoms with Crippen molar-refractivity contribution in [2.24, 2.45) is 0 Å². The molecule has 0 radical (unpaired) electrons. The van der Waals surface area contributed by atoms with Crippen molar-refractivity contribution in [2.45, 2.75) is 19.4 Å². The molecule has 1 saturated heterocycles. The van der Waals surface area contributed by atoms with Gasteiger partial charge in [0.2, 0.25) is 5.91 Å². The molecule has 2 N–H and O–H groups in total. The molecule has 1 heterocycles. The number of nitrogens with one attached hydrogen (secondary N) is 2. The van der Waals surface area contributed by atoms with Crippen molar-refractivity contribution in [3.05, 3.63) is 60.2 Å². The van der Waals surface area contributed by atoms with Gasteiger partial charge in [-0.3, -0.25) is 9.59 Å². The summed E-state index contributed by atoms with van der Waals surface area (Å²) >= 11 is 0. The SMILES string of the molecule is Cc1ccc(N2C(=O)C[C@@H](NNc3ccccc3)C2=O)cc1. The smallest absolute Gasteiger partial charge is 0.253 e. The maximum absolute atomic E-state index is 12.4. The van der Waals surface area contributed by atoms with E-state index >= 15 is 0 Å². The first-order valence-corrected chi connectivity index (χ1v) is 7.15. The number of carbonyl (C=O) groups is 2. The highest BCUT2D eigenvalue weighted by Gasteiger charge is 2.39. The minimum absolute atomic E-state index is 0.145. The van der Waals surface area contributed by atoms with Gasteiger partial charge in [0.05, 0.1) is 12.1 Å². The van der Waals surface area contributed by atoms with E-state index in [9.17, 15) is 9.59 Å². The van der Waals surface area contributed by atoms with Gasteiger partial charge >= 0.3 is 0 Å². The molecule has 5 heteroatoms. The molecule has 22 heavy (non-hydrogen) atoms. The molecule has 5 nitrogen and oxygen atoms in total. The highest BCUT2D eigenvalue weighted by Crippen LogP contribution is 2.23. The Labute approximate surface area is 128 Å². The lowest BCUT2D eigenvalue weighted by atomic mass is 10.2. The van der Waals surface area contributed by atoms with Crippen molar-refractivity contribution in [1.29, 1.82) is 0 Å². The maximum Gasteiger partial charge on any atom is 0.253 e. The number of carbonyl (C=O) groups excluding carboxylic acids is 2. The average molecular weight is 295 g/mol. The van der Waals surface area contributed by atoms with Gasteiger partial charge in [0.1, 0.15) is 6.04 Å². The van der Waals surface area contributed by atoms with Crippen LogP contribution in [0.3, 0.4) is 0 Å². The summed E-state index contributed by atoms with van der Waals surface area (Å²) in [6, 6.07) is 16.3. The zero-order valence-electron chi connectivity index (χ0n) is 12.2. The summed E-state index contributed by atoms with van der Waals surface area (Å²) in [6.07, 6.45) is 0.145. The first kappa shape index (κ1) is 14.3. The Morgan fingerprint density at radius 1 is 1.00 bits per heavy atom. The predicted octanol–water partition coefficient (Wildman–Crippen LogP) is 2.24. The van der Waals surface area contributed by atoms with Crippen molar-refractivity contribution in [3.8, 4) is 0 Å². The molecule has 0 unspecified atom stereocenters. The second-order valence-corrected chi connectivity index (χ2v) is 5.30. The number of hydrogen-bond acceptors (Lipinski definition) is 4. The molecule has 112 valence electrons. The van der Waals surface area contributed by atoms with E-state index < -0.39 is 6.04 Å². The zero-order valence-corrected chi connectivity index (χ0v) is 12.2. The first-order valence-electron chi connectivity index (χ1n) is 7.15. The van der Waals surface area contributed by atoms with Crippen LogP contribution in [0.5, 0.6) is 0 Å². The van der Waals surface area contributed by atoms with Gasteiger partial charge in [-0.25, -0.2) is 10.3 Å².